The van der Waals surface area contributed by atoms with Crippen LogP contribution in [0.5, 0.6) is 11.8 Å². The van der Waals surface area contributed by atoms with E-state index in [1.807, 2.05) is 31.2 Å². The highest BCUT2D eigenvalue weighted by molar-refractivity contribution is 5.67. The van der Waals surface area contributed by atoms with Gasteiger partial charge < -0.3 is 20.9 Å². The Morgan fingerprint density at radius 1 is 1.24 bits per heavy atom. The van der Waals surface area contributed by atoms with Gasteiger partial charge in [-0.05, 0) is 49.6 Å². The number of hydrogen-bond donors (Lipinski definition) is 2. The topological polar surface area (TPSA) is 113 Å². The molecule has 0 spiro atoms. The van der Waals surface area contributed by atoms with E-state index in [0.29, 0.717) is 18.2 Å². The van der Waals surface area contributed by atoms with E-state index in [4.69, 9.17) is 16.2 Å². The van der Waals surface area contributed by atoms with Gasteiger partial charge in [-0.1, -0.05) is 13.8 Å². The average molecular weight is 344 g/mol. The van der Waals surface area contributed by atoms with Crippen molar-refractivity contribution in [3.05, 3.63) is 36.5 Å². The lowest BCUT2D eigenvalue weighted by molar-refractivity contribution is 0.206. The maximum absolute atomic E-state index is 10.8. The summed E-state index contributed by atoms with van der Waals surface area (Å²) in [5, 5.41) is 0. The summed E-state index contributed by atoms with van der Waals surface area (Å²) in [6.07, 6.45) is 1.43. The second-order valence-electron chi connectivity index (χ2n) is 6.71. The third-order valence-electron chi connectivity index (χ3n) is 3.42. The third kappa shape index (κ3) is 6.04. The minimum atomic E-state index is -0.952. The zero-order valence-electron chi connectivity index (χ0n) is 14.7. The van der Waals surface area contributed by atoms with E-state index in [1.54, 1.807) is 6.07 Å². The summed E-state index contributed by atoms with van der Waals surface area (Å²) < 4.78 is 10.5. The molecule has 0 aliphatic rings. The fourth-order valence-electron chi connectivity index (χ4n) is 2.60. The van der Waals surface area contributed by atoms with E-state index in [-0.39, 0.29) is 11.5 Å². The van der Waals surface area contributed by atoms with Gasteiger partial charge in [0.2, 0.25) is 0 Å². The van der Waals surface area contributed by atoms with E-state index in [9.17, 15) is 4.79 Å². The molecule has 0 bridgehead atoms. The van der Waals surface area contributed by atoms with Crippen LogP contribution in [0.3, 0.4) is 0 Å². The Hall–Kier alpha value is -2.67. The van der Waals surface area contributed by atoms with Crippen LogP contribution in [0.15, 0.2) is 36.5 Å². The minimum Gasteiger partial charge on any atom is -0.492 e. The van der Waals surface area contributed by atoms with Crippen molar-refractivity contribution in [2.75, 3.05) is 6.61 Å². The molecule has 134 valence electrons. The largest absolute Gasteiger partial charge is 0.492 e. The van der Waals surface area contributed by atoms with Crippen molar-refractivity contribution >= 4 is 6.09 Å². The van der Waals surface area contributed by atoms with Crippen molar-refractivity contribution in [3.8, 4) is 23.0 Å². The molecule has 1 amide bonds. The Labute approximate surface area is 147 Å². The standard InChI is InChI=1S/C18H24N4O3/c1-12(2)10-18(3,20)11-24-14-6-4-13(5-7-14)15-8-9-21-17(22-15)25-16(19)23/h4-9,12H,10-11,20H2,1-3H3,(H2,19,23)/t18-/m0/s1. The lowest BCUT2D eigenvalue weighted by atomic mass is 9.93. The number of rotatable bonds is 7. The monoisotopic (exact) mass is 344 g/mol. The number of aromatic nitrogens is 2. The van der Waals surface area contributed by atoms with Gasteiger partial charge in [0.25, 0.3) is 0 Å². The van der Waals surface area contributed by atoms with Crippen LogP contribution < -0.4 is 20.9 Å². The first kappa shape index (κ1) is 18.7. The molecule has 0 saturated heterocycles. The van der Waals surface area contributed by atoms with Crippen LogP contribution in [0.2, 0.25) is 0 Å². The Kier molecular flexibility index (Phi) is 5.93. The van der Waals surface area contributed by atoms with Crippen molar-refractivity contribution in [3.63, 3.8) is 0 Å². The highest BCUT2D eigenvalue weighted by Crippen LogP contribution is 2.23. The number of carbonyl (C=O) groups excluding carboxylic acids is 1. The summed E-state index contributed by atoms with van der Waals surface area (Å²) >= 11 is 0. The number of nitrogens with zero attached hydrogens (tertiary/aromatic N) is 2. The molecule has 1 aromatic carbocycles. The summed E-state index contributed by atoms with van der Waals surface area (Å²) in [6.45, 7) is 6.70. The molecule has 0 fully saturated rings. The molecule has 2 aromatic rings. The van der Waals surface area contributed by atoms with Crippen LogP contribution in [0.25, 0.3) is 11.3 Å². The number of benzene rings is 1. The van der Waals surface area contributed by atoms with Crippen molar-refractivity contribution in [2.45, 2.75) is 32.7 Å². The SMILES string of the molecule is CC(C)C[C@](C)(N)COc1ccc(-c2ccnc(OC(N)=O)n2)cc1. The molecule has 25 heavy (non-hydrogen) atoms. The van der Waals surface area contributed by atoms with Crippen LogP contribution in [-0.2, 0) is 0 Å². The lowest BCUT2D eigenvalue weighted by Gasteiger charge is -2.26. The smallest absolute Gasteiger partial charge is 0.412 e. The number of primary amides is 1. The van der Waals surface area contributed by atoms with Gasteiger partial charge in [0.15, 0.2) is 0 Å². The second kappa shape index (κ2) is 7.94. The van der Waals surface area contributed by atoms with Crippen molar-refractivity contribution in [1.29, 1.82) is 0 Å². The molecule has 1 atom stereocenters. The van der Waals surface area contributed by atoms with Crippen LogP contribution in [-0.4, -0.2) is 28.2 Å². The molecule has 0 aliphatic heterocycles. The van der Waals surface area contributed by atoms with Gasteiger partial charge in [0.1, 0.15) is 12.4 Å². The summed E-state index contributed by atoms with van der Waals surface area (Å²) in [5.41, 5.74) is 12.3. The molecule has 0 unspecified atom stereocenters. The van der Waals surface area contributed by atoms with Gasteiger partial charge in [-0.2, -0.15) is 4.98 Å². The number of ether oxygens (including phenoxy) is 2. The van der Waals surface area contributed by atoms with Crippen LogP contribution >= 0.6 is 0 Å². The van der Waals surface area contributed by atoms with Crippen molar-refractivity contribution in [2.24, 2.45) is 17.4 Å². The summed E-state index contributed by atoms with van der Waals surface area (Å²) in [5.74, 6) is 1.24. The van der Waals surface area contributed by atoms with Gasteiger partial charge in [-0.15, -0.1) is 0 Å². The third-order valence-corrected chi connectivity index (χ3v) is 3.42. The maximum atomic E-state index is 10.8. The van der Waals surface area contributed by atoms with Crippen molar-refractivity contribution < 1.29 is 14.3 Å². The molecule has 2 rings (SSSR count). The van der Waals surface area contributed by atoms with Gasteiger partial charge >= 0.3 is 12.1 Å². The van der Waals surface area contributed by atoms with E-state index in [2.05, 4.69) is 28.6 Å². The molecule has 0 saturated carbocycles. The summed E-state index contributed by atoms with van der Waals surface area (Å²) in [7, 11) is 0. The van der Waals surface area contributed by atoms with E-state index in [0.717, 1.165) is 17.7 Å². The van der Waals surface area contributed by atoms with Gasteiger partial charge in [-0.25, -0.2) is 9.78 Å². The van der Waals surface area contributed by atoms with E-state index in [1.165, 1.54) is 6.20 Å². The second-order valence-corrected chi connectivity index (χ2v) is 6.71. The fourth-order valence-corrected chi connectivity index (χ4v) is 2.60. The Bertz CT molecular complexity index is 715. The maximum Gasteiger partial charge on any atom is 0.412 e. The molecule has 4 N–H and O–H groups in total. The Morgan fingerprint density at radius 3 is 2.52 bits per heavy atom. The molecular weight excluding hydrogens is 320 g/mol. The van der Waals surface area contributed by atoms with Crippen molar-refractivity contribution in [1.82, 2.24) is 9.97 Å². The number of carbonyl (C=O) groups is 1. The quantitative estimate of drug-likeness (QED) is 0.798. The lowest BCUT2D eigenvalue weighted by Crippen LogP contribution is -2.43. The average Bonchev–Trinajstić information content (AvgIpc) is 2.52. The molecule has 7 heteroatoms. The Morgan fingerprint density at radius 2 is 1.92 bits per heavy atom. The zero-order valence-corrected chi connectivity index (χ0v) is 14.7. The summed E-state index contributed by atoms with van der Waals surface area (Å²) in [6, 6.07) is 9.04. The van der Waals surface area contributed by atoms with E-state index < -0.39 is 6.09 Å². The first-order valence-corrected chi connectivity index (χ1v) is 8.07. The predicted molar refractivity (Wildman–Crippen MR) is 95.2 cm³/mol. The predicted octanol–water partition coefficient (Wildman–Crippen LogP) is 2.74. The highest BCUT2D eigenvalue weighted by atomic mass is 16.6. The van der Waals surface area contributed by atoms with E-state index >= 15 is 0 Å². The molecule has 0 aliphatic carbocycles. The number of amides is 1. The summed E-state index contributed by atoms with van der Waals surface area (Å²) in [4.78, 5) is 18.7. The Balaban J connectivity index is 2.03. The molecule has 0 radical (unpaired) electrons. The first-order chi connectivity index (χ1) is 11.7. The molecule has 1 heterocycles. The van der Waals surface area contributed by atoms with Crippen LogP contribution in [0.4, 0.5) is 4.79 Å². The van der Waals surface area contributed by atoms with Gasteiger partial charge in [0, 0.05) is 17.3 Å². The highest BCUT2D eigenvalue weighted by Gasteiger charge is 2.21. The molecular formula is C18H24N4O3. The fraction of sp³-hybridized carbons (Fsp3) is 0.389. The first-order valence-electron chi connectivity index (χ1n) is 8.07. The van der Waals surface area contributed by atoms with Crippen LogP contribution in [0, 0.1) is 5.92 Å². The van der Waals surface area contributed by atoms with Gasteiger partial charge in [0.05, 0.1) is 5.69 Å². The normalized spacial score (nSPS) is 13.3. The minimum absolute atomic E-state index is 0.0853. The van der Waals surface area contributed by atoms with Gasteiger partial charge in [-0.3, -0.25) is 0 Å². The van der Waals surface area contributed by atoms with Crippen LogP contribution in [0.1, 0.15) is 27.2 Å². The molecule has 1 aromatic heterocycles. The molecule has 7 nitrogen and oxygen atoms in total. The zero-order chi connectivity index (χ0) is 18.4. The number of nitrogens with two attached hydrogens (primary N) is 2. The number of hydrogen-bond acceptors (Lipinski definition) is 6.